The van der Waals surface area contributed by atoms with Crippen molar-refractivity contribution in [3.05, 3.63) is 41.2 Å². The zero-order valence-electron chi connectivity index (χ0n) is 14.4. The number of rotatable bonds is 4. The number of nitrogens with zero attached hydrogens (tertiary/aromatic N) is 3. The maximum Gasteiger partial charge on any atom is 0.428 e. The number of nitrogens with one attached hydrogen (secondary N) is 1. The van der Waals surface area contributed by atoms with Crippen molar-refractivity contribution in [2.45, 2.75) is 38.0 Å². The molecule has 1 aliphatic carbocycles. The Morgan fingerprint density at radius 2 is 2.04 bits per heavy atom. The first kappa shape index (κ1) is 17.2. The fraction of sp³-hybridized carbons (Fsp3) is 0.421. The summed E-state index contributed by atoms with van der Waals surface area (Å²) < 4.78 is 5.37. The smallest absolute Gasteiger partial charge is 0.389 e. The molecule has 2 aliphatic rings. The highest BCUT2D eigenvalue weighted by Gasteiger charge is 2.29. The molecule has 2 heterocycles. The molecule has 1 saturated carbocycles. The molecule has 0 bridgehead atoms. The van der Waals surface area contributed by atoms with E-state index in [9.17, 15) is 4.79 Å². The highest BCUT2D eigenvalue weighted by Crippen LogP contribution is 2.43. The number of benzene rings is 1. The second-order valence-electron chi connectivity index (χ2n) is 6.78. The molecular formula is C19H21ClN4O2. The lowest BCUT2D eigenvalue weighted by atomic mass is 10.1. The number of hydrazine groups is 1. The zero-order chi connectivity index (χ0) is 17.9. The van der Waals surface area contributed by atoms with Crippen LogP contribution in [0.1, 0.15) is 43.7 Å². The number of hydrogen-bond donors (Lipinski definition) is 1. The number of halogens is 1. The third-order valence-electron chi connectivity index (χ3n) is 4.64. The lowest BCUT2D eigenvalue weighted by Crippen LogP contribution is -2.46. The van der Waals surface area contributed by atoms with Crippen LogP contribution < -0.4 is 10.2 Å². The third kappa shape index (κ3) is 4.14. The second-order valence-corrected chi connectivity index (χ2v) is 7.21. The molecule has 6 nitrogen and oxygen atoms in total. The molecule has 136 valence electrons. The fourth-order valence-electron chi connectivity index (χ4n) is 3.19. The largest absolute Gasteiger partial charge is 0.428 e. The van der Waals surface area contributed by atoms with Crippen molar-refractivity contribution >= 4 is 17.7 Å². The van der Waals surface area contributed by atoms with Gasteiger partial charge in [-0.25, -0.2) is 14.8 Å². The first-order chi connectivity index (χ1) is 12.7. The topological polar surface area (TPSA) is 67.4 Å². The quantitative estimate of drug-likeness (QED) is 0.872. The molecule has 1 saturated heterocycles. The van der Waals surface area contributed by atoms with Gasteiger partial charge in [0.1, 0.15) is 0 Å². The SMILES string of the molecule is O=C(NN1CCCCC1)Oc1cnc(C2CC2)c(-c2cccc(Cl)c2)n1. The molecule has 1 aromatic carbocycles. The molecule has 7 heteroatoms. The average molecular weight is 373 g/mol. The molecule has 2 fully saturated rings. The summed E-state index contributed by atoms with van der Waals surface area (Å²) in [5.74, 6) is 0.617. The van der Waals surface area contributed by atoms with Crippen LogP contribution in [0.3, 0.4) is 0 Å². The highest BCUT2D eigenvalue weighted by atomic mass is 35.5. The molecule has 2 aromatic rings. The van der Waals surface area contributed by atoms with Gasteiger partial charge in [-0.15, -0.1) is 0 Å². The number of carbonyl (C=O) groups is 1. The molecule has 0 radical (unpaired) electrons. The van der Waals surface area contributed by atoms with Gasteiger partial charge >= 0.3 is 6.09 Å². The Kier molecular flexibility index (Phi) is 5.04. The summed E-state index contributed by atoms with van der Waals surface area (Å²) >= 11 is 6.13. The minimum atomic E-state index is -0.530. The fourth-order valence-corrected chi connectivity index (χ4v) is 3.38. The van der Waals surface area contributed by atoms with Gasteiger partial charge in [-0.3, -0.25) is 10.4 Å². The molecule has 1 aliphatic heterocycles. The van der Waals surface area contributed by atoms with Crippen LogP contribution in [-0.4, -0.2) is 34.2 Å². The van der Waals surface area contributed by atoms with Crippen LogP contribution >= 0.6 is 11.6 Å². The Morgan fingerprint density at radius 1 is 1.23 bits per heavy atom. The predicted octanol–water partition coefficient (Wildman–Crippen LogP) is 4.16. The average Bonchev–Trinajstić information content (AvgIpc) is 3.47. The number of amides is 1. The van der Waals surface area contributed by atoms with E-state index in [1.54, 1.807) is 0 Å². The van der Waals surface area contributed by atoms with Gasteiger partial charge in [-0.05, 0) is 37.8 Å². The lowest BCUT2D eigenvalue weighted by molar-refractivity contribution is 0.128. The van der Waals surface area contributed by atoms with Crippen LogP contribution in [0.25, 0.3) is 11.3 Å². The van der Waals surface area contributed by atoms with Gasteiger partial charge in [0.2, 0.25) is 5.88 Å². The normalized spacial score (nSPS) is 17.7. The van der Waals surface area contributed by atoms with E-state index in [4.69, 9.17) is 16.3 Å². The van der Waals surface area contributed by atoms with E-state index in [0.717, 1.165) is 55.7 Å². The summed E-state index contributed by atoms with van der Waals surface area (Å²) in [4.78, 5) is 21.2. The van der Waals surface area contributed by atoms with Gasteiger partial charge in [0.05, 0.1) is 17.6 Å². The van der Waals surface area contributed by atoms with E-state index in [1.807, 2.05) is 29.3 Å². The number of carbonyl (C=O) groups excluding carboxylic acids is 1. The van der Waals surface area contributed by atoms with Gasteiger partial charge < -0.3 is 4.74 Å². The Morgan fingerprint density at radius 3 is 2.77 bits per heavy atom. The van der Waals surface area contributed by atoms with Gasteiger partial charge in [0.25, 0.3) is 0 Å². The van der Waals surface area contributed by atoms with Crippen LogP contribution in [0.2, 0.25) is 5.02 Å². The minimum absolute atomic E-state index is 0.193. The molecule has 1 amide bonds. The van der Waals surface area contributed by atoms with E-state index >= 15 is 0 Å². The molecule has 0 spiro atoms. The Balaban J connectivity index is 1.53. The minimum Gasteiger partial charge on any atom is -0.389 e. The second kappa shape index (κ2) is 7.60. The summed E-state index contributed by atoms with van der Waals surface area (Å²) in [5, 5.41) is 2.52. The van der Waals surface area contributed by atoms with Gasteiger partial charge in [0.15, 0.2) is 0 Å². The standard InChI is InChI=1S/C19H21ClN4O2/c20-15-6-4-5-14(11-15)18-17(13-7-8-13)21-12-16(22-18)26-19(25)23-24-9-2-1-3-10-24/h4-6,11-13H,1-3,7-10H2,(H,23,25). The molecule has 0 atom stereocenters. The molecule has 1 aromatic heterocycles. The van der Waals surface area contributed by atoms with E-state index in [1.165, 1.54) is 12.6 Å². The summed E-state index contributed by atoms with van der Waals surface area (Å²) in [6, 6.07) is 7.50. The van der Waals surface area contributed by atoms with E-state index in [2.05, 4.69) is 15.4 Å². The first-order valence-electron chi connectivity index (χ1n) is 9.05. The highest BCUT2D eigenvalue weighted by molar-refractivity contribution is 6.30. The van der Waals surface area contributed by atoms with Crippen LogP contribution in [0.5, 0.6) is 5.88 Å². The number of aromatic nitrogens is 2. The predicted molar refractivity (Wildman–Crippen MR) is 99.0 cm³/mol. The van der Waals surface area contributed by atoms with Crippen molar-refractivity contribution in [3.8, 4) is 17.1 Å². The lowest BCUT2D eigenvalue weighted by Gasteiger charge is -2.26. The number of piperidine rings is 1. The van der Waals surface area contributed by atoms with E-state index in [-0.39, 0.29) is 5.88 Å². The molecule has 0 unspecified atom stereocenters. The van der Waals surface area contributed by atoms with Crippen molar-refractivity contribution in [2.75, 3.05) is 13.1 Å². The summed E-state index contributed by atoms with van der Waals surface area (Å²) in [5.41, 5.74) is 5.33. The van der Waals surface area contributed by atoms with Gasteiger partial charge in [0, 0.05) is 29.6 Å². The van der Waals surface area contributed by atoms with Crippen molar-refractivity contribution in [1.82, 2.24) is 20.4 Å². The first-order valence-corrected chi connectivity index (χ1v) is 9.43. The zero-order valence-corrected chi connectivity index (χ0v) is 15.2. The molecular weight excluding hydrogens is 352 g/mol. The van der Waals surface area contributed by atoms with E-state index in [0.29, 0.717) is 10.9 Å². The molecule has 1 N–H and O–H groups in total. The van der Waals surface area contributed by atoms with Crippen molar-refractivity contribution < 1.29 is 9.53 Å². The maximum atomic E-state index is 12.1. The third-order valence-corrected chi connectivity index (χ3v) is 4.88. The number of hydrogen-bond acceptors (Lipinski definition) is 5. The van der Waals surface area contributed by atoms with Crippen LogP contribution in [0.15, 0.2) is 30.5 Å². The van der Waals surface area contributed by atoms with E-state index < -0.39 is 6.09 Å². The van der Waals surface area contributed by atoms with Gasteiger partial charge in [-0.1, -0.05) is 30.2 Å². The van der Waals surface area contributed by atoms with Crippen molar-refractivity contribution in [3.63, 3.8) is 0 Å². The molecule has 4 rings (SSSR count). The Hall–Kier alpha value is -2.18. The monoisotopic (exact) mass is 372 g/mol. The molecule has 26 heavy (non-hydrogen) atoms. The summed E-state index contributed by atoms with van der Waals surface area (Å²) in [6.45, 7) is 1.68. The van der Waals surface area contributed by atoms with Crippen molar-refractivity contribution in [1.29, 1.82) is 0 Å². The van der Waals surface area contributed by atoms with Crippen LogP contribution in [0.4, 0.5) is 4.79 Å². The van der Waals surface area contributed by atoms with Crippen molar-refractivity contribution in [2.24, 2.45) is 0 Å². The summed E-state index contributed by atoms with van der Waals surface area (Å²) in [7, 11) is 0. The number of ether oxygens (including phenoxy) is 1. The Bertz CT molecular complexity index is 804. The maximum absolute atomic E-state index is 12.1. The van der Waals surface area contributed by atoms with Crippen LogP contribution in [0, 0.1) is 0 Å². The van der Waals surface area contributed by atoms with Crippen LogP contribution in [-0.2, 0) is 0 Å². The van der Waals surface area contributed by atoms with Gasteiger partial charge in [-0.2, -0.15) is 0 Å². The Labute approximate surface area is 157 Å². The summed E-state index contributed by atoms with van der Waals surface area (Å²) in [6.07, 6.45) is 6.57.